The molecule has 0 heterocycles. The quantitative estimate of drug-likeness (QED) is 0.405. The van der Waals surface area contributed by atoms with E-state index in [1.54, 1.807) is 20.8 Å². The number of allylic oxidation sites excluding steroid dienone is 4. The van der Waals surface area contributed by atoms with E-state index in [2.05, 4.69) is 26.8 Å². The predicted octanol–water partition coefficient (Wildman–Crippen LogP) is 5.14. The Morgan fingerprint density at radius 3 is 2.43 bits per heavy atom. The Morgan fingerprint density at radius 2 is 1.80 bits per heavy atom. The lowest BCUT2D eigenvalue weighted by Crippen LogP contribution is -2.59. The first-order chi connectivity index (χ1) is 16.2. The van der Waals surface area contributed by atoms with Crippen molar-refractivity contribution in [2.24, 2.45) is 34.0 Å². The van der Waals surface area contributed by atoms with Gasteiger partial charge in [-0.25, -0.2) is 0 Å². The number of Topliss-reactive ketones (excluding diaryl/α,β-unsaturated/α-hetero) is 1. The van der Waals surface area contributed by atoms with Crippen molar-refractivity contribution in [3.63, 3.8) is 0 Å². The van der Waals surface area contributed by atoms with Crippen LogP contribution in [0.15, 0.2) is 23.3 Å². The maximum atomic E-state index is 13.7. The van der Waals surface area contributed by atoms with Gasteiger partial charge in [0.2, 0.25) is 5.78 Å². The van der Waals surface area contributed by atoms with E-state index in [1.165, 1.54) is 18.1 Å². The SMILES string of the molecule is CC(=O)OCC(=O)[C@@]1(OC(=O)C(C)(C)C)CC[C@H]2[C@@H]3C[C@H](C)C4=CC(=O)CC[C@]4(C)C3=CC[C@@]21C. The van der Waals surface area contributed by atoms with Crippen LogP contribution in [0.2, 0.25) is 0 Å². The molecule has 0 N–H and O–H groups in total. The van der Waals surface area contributed by atoms with Crippen LogP contribution in [0.25, 0.3) is 0 Å². The molecule has 6 atom stereocenters. The molecule has 0 amide bonds. The summed E-state index contributed by atoms with van der Waals surface area (Å²) in [5, 5.41) is 0. The molecule has 0 spiro atoms. The Bertz CT molecular complexity index is 1030. The van der Waals surface area contributed by atoms with Crippen LogP contribution >= 0.6 is 0 Å². The molecule has 2 saturated carbocycles. The number of rotatable bonds is 4. The third kappa shape index (κ3) is 3.92. The molecule has 35 heavy (non-hydrogen) atoms. The van der Waals surface area contributed by atoms with Crippen LogP contribution in [0.3, 0.4) is 0 Å². The minimum atomic E-state index is -1.33. The Kier molecular flexibility index (Phi) is 6.21. The molecule has 4 aliphatic carbocycles. The summed E-state index contributed by atoms with van der Waals surface area (Å²) in [6.07, 6.45) is 8.27. The summed E-state index contributed by atoms with van der Waals surface area (Å²) >= 11 is 0. The Balaban J connectivity index is 1.77. The number of fused-ring (bicyclic) bond motifs is 5. The van der Waals surface area contributed by atoms with Crippen molar-refractivity contribution in [3.8, 4) is 0 Å². The first-order valence-electron chi connectivity index (χ1n) is 13.0. The fourth-order valence-corrected chi connectivity index (χ4v) is 7.54. The van der Waals surface area contributed by atoms with Gasteiger partial charge in [0.15, 0.2) is 18.0 Å². The maximum Gasteiger partial charge on any atom is 0.312 e. The van der Waals surface area contributed by atoms with Crippen molar-refractivity contribution in [2.45, 2.75) is 92.6 Å². The number of ether oxygens (including phenoxy) is 2. The van der Waals surface area contributed by atoms with Crippen molar-refractivity contribution in [2.75, 3.05) is 6.61 Å². The second-order valence-electron chi connectivity index (χ2n) is 12.7. The van der Waals surface area contributed by atoms with Crippen molar-refractivity contribution in [3.05, 3.63) is 23.3 Å². The largest absolute Gasteiger partial charge is 0.458 e. The molecule has 4 aliphatic rings. The molecule has 4 rings (SSSR count). The van der Waals surface area contributed by atoms with Gasteiger partial charge < -0.3 is 9.47 Å². The molecule has 6 nitrogen and oxygen atoms in total. The van der Waals surface area contributed by atoms with E-state index in [0.29, 0.717) is 19.3 Å². The van der Waals surface area contributed by atoms with Crippen molar-refractivity contribution < 1.29 is 28.7 Å². The zero-order valence-electron chi connectivity index (χ0n) is 22.3. The highest BCUT2D eigenvalue weighted by molar-refractivity contribution is 5.94. The molecule has 0 aliphatic heterocycles. The fourth-order valence-electron chi connectivity index (χ4n) is 7.54. The van der Waals surface area contributed by atoms with E-state index in [0.717, 1.165) is 19.3 Å². The van der Waals surface area contributed by atoms with Gasteiger partial charge in [0.1, 0.15) is 0 Å². The number of carbonyl (C=O) groups is 4. The summed E-state index contributed by atoms with van der Waals surface area (Å²) in [6.45, 7) is 12.8. The van der Waals surface area contributed by atoms with Gasteiger partial charge in [-0.05, 0) is 76.7 Å². The van der Waals surface area contributed by atoms with Crippen LogP contribution < -0.4 is 0 Å². The van der Waals surface area contributed by atoms with Gasteiger partial charge in [0.25, 0.3) is 0 Å². The number of ketones is 2. The topological polar surface area (TPSA) is 86.7 Å². The van der Waals surface area contributed by atoms with Gasteiger partial charge in [0, 0.05) is 24.2 Å². The smallest absolute Gasteiger partial charge is 0.312 e. The molecule has 0 saturated heterocycles. The first kappa shape index (κ1) is 25.8. The van der Waals surface area contributed by atoms with E-state index in [9.17, 15) is 19.2 Å². The average molecular weight is 485 g/mol. The summed E-state index contributed by atoms with van der Waals surface area (Å²) < 4.78 is 11.3. The molecule has 0 aromatic heterocycles. The minimum Gasteiger partial charge on any atom is -0.458 e. The van der Waals surface area contributed by atoms with Crippen LogP contribution in [0.4, 0.5) is 0 Å². The summed E-state index contributed by atoms with van der Waals surface area (Å²) in [5.74, 6) is -0.352. The summed E-state index contributed by atoms with van der Waals surface area (Å²) in [4.78, 5) is 50.6. The van der Waals surface area contributed by atoms with Gasteiger partial charge in [-0.3, -0.25) is 19.2 Å². The van der Waals surface area contributed by atoms with Gasteiger partial charge in [-0.2, -0.15) is 0 Å². The second kappa shape index (κ2) is 8.41. The first-order valence-corrected chi connectivity index (χ1v) is 13.0. The zero-order chi connectivity index (χ0) is 26.0. The lowest BCUT2D eigenvalue weighted by Gasteiger charge is -2.56. The minimum absolute atomic E-state index is 0.132. The molecule has 0 unspecified atom stereocenters. The van der Waals surface area contributed by atoms with Gasteiger partial charge in [-0.15, -0.1) is 0 Å². The van der Waals surface area contributed by atoms with Crippen LogP contribution in [0.1, 0.15) is 87.0 Å². The van der Waals surface area contributed by atoms with E-state index in [4.69, 9.17) is 9.47 Å². The lowest BCUT2D eigenvalue weighted by atomic mass is 9.48. The molecule has 192 valence electrons. The van der Waals surface area contributed by atoms with E-state index < -0.39 is 28.4 Å². The summed E-state index contributed by atoms with van der Waals surface area (Å²) in [7, 11) is 0. The highest BCUT2D eigenvalue weighted by Crippen LogP contribution is 2.67. The average Bonchev–Trinajstić information content (AvgIpc) is 3.06. The molecule has 0 radical (unpaired) electrons. The number of hydrogen-bond acceptors (Lipinski definition) is 6. The molecule has 6 heteroatoms. The molecule has 0 aromatic rings. The van der Waals surface area contributed by atoms with Crippen molar-refractivity contribution in [1.82, 2.24) is 0 Å². The summed E-state index contributed by atoms with van der Waals surface area (Å²) in [5.41, 5.74) is -0.188. The molecular weight excluding hydrogens is 444 g/mol. The number of hydrogen-bond donors (Lipinski definition) is 0. The maximum absolute atomic E-state index is 13.7. The number of esters is 2. The van der Waals surface area contributed by atoms with Crippen LogP contribution in [0, 0.1) is 34.0 Å². The van der Waals surface area contributed by atoms with Crippen molar-refractivity contribution >= 4 is 23.5 Å². The highest BCUT2D eigenvalue weighted by atomic mass is 16.6. The molecular formula is C29H40O6. The lowest BCUT2D eigenvalue weighted by molar-refractivity contribution is -0.192. The third-order valence-electron chi connectivity index (χ3n) is 9.52. The fraction of sp³-hybridized carbons (Fsp3) is 0.724. The van der Waals surface area contributed by atoms with Crippen molar-refractivity contribution in [1.29, 1.82) is 0 Å². The second-order valence-corrected chi connectivity index (χ2v) is 12.7. The van der Waals surface area contributed by atoms with Gasteiger partial charge in [0.05, 0.1) is 5.41 Å². The Hall–Kier alpha value is -2.24. The predicted molar refractivity (Wildman–Crippen MR) is 131 cm³/mol. The summed E-state index contributed by atoms with van der Waals surface area (Å²) in [6, 6.07) is 0. The zero-order valence-corrected chi connectivity index (χ0v) is 22.3. The van der Waals surface area contributed by atoms with Crippen LogP contribution in [-0.2, 0) is 28.7 Å². The van der Waals surface area contributed by atoms with Crippen LogP contribution in [0.5, 0.6) is 0 Å². The van der Waals surface area contributed by atoms with Gasteiger partial charge >= 0.3 is 11.9 Å². The Morgan fingerprint density at radius 1 is 1.11 bits per heavy atom. The van der Waals surface area contributed by atoms with Crippen LogP contribution in [-0.4, -0.2) is 35.7 Å². The molecule has 2 fully saturated rings. The molecule has 0 bridgehead atoms. The highest BCUT2D eigenvalue weighted by Gasteiger charge is 2.68. The van der Waals surface area contributed by atoms with E-state index in [-0.39, 0.29) is 41.3 Å². The monoisotopic (exact) mass is 484 g/mol. The van der Waals surface area contributed by atoms with E-state index >= 15 is 0 Å². The Labute approximate surface area is 208 Å². The van der Waals surface area contributed by atoms with E-state index in [1.807, 2.05) is 6.08 Å². The molecule has 0 aromatic carbocycles. The number of carbonyl (C=O) groups excluding carboxylic acids is 4. The normalized spacial score (nSPS) is 38.4. The standard InChI is InChI=1S/C29H40O6/c1-17-14-20-21(27(6)11-8-19(31)15-23(17)27)9-12-28(7)22(20)10-13-29(28,24(32)16-34-18(2)30)35-25(33)26(3,4)5/h9,15,17,20,22H,8,10-14,16H2,1-7H3/t17-,20+,22-,27+,28-,29-/m0/s1. The third-order valence-corrected chi connectivity index (χ3v) is 9.52. The van der Waals surface area contributed by atoms with Gasteiger partial charge in [-0.1, -0.05) is 38.0 Å².